The highest BCUT2D eigenvalue weighted by atomic mass is 19.1. The molecule has 0 radical (unpaired) electrons. The maximum Gasteiger partial charge on any atom is 0.254 e. The molecule has 1 saturated heterocycles. The molecule has 2 heterocycles. The SMILES string of the molecule is CNC[C@@H]1C[C@H](F)CN1C(=O)c1ccc2c(c1)CCNCC2. The minimum absolute atomic E-state index is 0.0413. The summed E-state index contributed by atoms with van der Waals surface area (Å²) in [7, 11) is 1.84. The molecule has 1 fully saturated rings. The Kier molecular flexibility index (Phi) is 4.74. The number of rotatable bonds is 3. The summed E-state index contributed by atoms with van der Waals surface area (Å²) in [5.41, 5.74) is 3.26. The fourth-order valence-corrected chi connectivity index (χ4v) is 3.51. The third kappa shape index (κ3) is 3.15. The molecule has 4 nitrogen and oxygen atoms in total. The summed E-state index contributed by atoms with van der Waals surface area (Å²) < 4.78 is 13.7. The van der Waals surface area contributed by atoms with Crippen molar-refractivity contribution < 1.29 is 9.18 Å². The van der Waals surface area contributed by atoms with Crippen molar-refractivity contribution in [2.24, 2.45) is 0 Å². The van der Waals surface area contributed by atoms with Gasteiger partial charge in [-0.1, -0.05) is 6.07 Å². The Balaban J connectivity index is 1.81. The summed E-state index contributed by atoms with van der Waals surface area (Å²) in [5, 5.41) is 6.43. The maximum atomic E-state index is 13.7. The number of halogens is 1. The molecule has 0 saturated carbocycles. The van der Waals surface area contributed by atoms with Crippen LogP contribution in [-0.4, -0.2) is 56.2 Å². The molecule has 1 aromatic rings. The number of nitrogens with one attached hydrogen (secondary N) is 2. The van der Waals surface area contributed by atoms with E-state index in [4.69, 9.17) is 0 Å². The number of nitrogens with zero attached hydrogens (tertiary/aromatic N) is 1. The van der Waals surface area contributed by atoms with E-state index in [-0.39, 0.29) is 18.5 Å². The van der Waals surface area contributed by atoms with E-state index in [1.54, 1.807) is 4.90 Å². The topological polar surface area (TPSA) is 44.4 Å². The lowest BCUT2D eigenvalue weighted by atomic mass is 9.99. The highest BCUT2D eigenvalue weighted by Crippen LogP contribution is 2.24. The van der Waals surface area contributed by atoms with Crippen molar-refractivity contribution in [3.63, 3.8) is 0 Å². The lowest BCUT2D eigenvalue weighted by Crippen LogP contribution is -2.41. The van der Waals surface area contributed by atoms with E-state index in [1.807, 2.05) is 19.2 Å². The van der Waals surface area contributed by atoms with Crippen LogP contribution in [0.2, 0.25) is 0 Å². The van der Waals surface area contributed by atoms with Gasteiger partial charge in [0.1, 0.15) is 6.17 Å². The zero-order valence-corrected chi connectivity index (χ0v) is 13.1. The van der Waals surface area contributed by atoms with Crippen LogP contribution in [0.5, 0.6) is 0 Å². The predicted octanol–water partition coefficient (Wildman–Crippen LogP) is 1.15. The molecule has 2 aliphatic rings. The first-order valence-electron chi connectivity index (χ1n) is 8.11. The van der Waals surface area contributed by atoms with Gasteiger partial charge in [-0.3, -0.25) is 4.79 Å². The Bertz CT molecular complexity index is 549. The predicted molar refractivity (Wildman–Crippen MR) is 85.0 cm³/mol. The van der Waals surface area contributed by atoms with Crippen LogP contribution in [0.1, 0.15) is 27.9 Å². The number of hydrogen-bond donors (Lipinski definition) is 2. The van der Waals surface area contributed by atoms with Gasteiger partial charge in [-0.05, 0) is 56.2 Å². The van der Waals surface area contributed by atoms with Crippen LogP contribution in [-0.2, 0) is 12.8 Å². The molecular formula is C17H24FN3O. The minimum Gasteiger partial charge on any atom is -0.331 e. The molecular weight excluding hydrogens is 281 g/mol. The third-order valence-electron chi connectivity index (χ3n) is 4.66. The fourth-order valence-electron chi connectivity index (χ4n) is 3.51. The largest absolute Gasteiger partial charge is 0.331 e. The normalized spacial score (nSPS) is 24.9. The van der Waals surface area contributed by atoms with Crippen molar-refractivity contribution in [3.8, 4) is 0 Å². The highest BCUT2D eigenvalue weighted by Gasteiger charge is 2.35. The molecule has 0 unspecified atom stereocenters. The van der Waals surface area contributed by atoms with Crippen LogP contribution in [0.3, 0.4) is 0 Å². The van der Waals surface area contributed by atoms with Crippen LogP contribution in [0.15, 0.2) is 18.2 Å². The number of carbonyl (C=O) groups is 1. The van der Waals surface area contributed by atoms with E-state index in [2.05, 4.69) is 16.7 Å². The van der Waals surface area contributed by atoms with Gasteiger partial charge >= 0.3 is 0 Å². The average molecular weight is 305 g/mol. The summed E-state index contributed by atoms with van der Waals surface area (Å²) in [4.78, 5) is 14.5. The molecule has 2 aliphatic heterocycles. The van der Waals surface area contributed by atoms with Gasteiger partial charge in [-0.15, -0.1) is 0 Å². The van der Waals surface area contributed by atoms with Crippen LogP contribution >= 0.6 is 0 Å². The lowest BCUT2D eigenvalue weighted by molar-refractivity contribution is 0.0729. The Morgan fingerprint density at radius 2 is 2.14 bits per heavy atom. The smallest absolute Gasteiger partial charge is 0.254 e. The van der Waals surface area contributed by atoms with Gasteiger partial charge in [0, 0.05) is 24.6 Å². The summed E-state index contributed by atoms with van der Waals surface area (Å²) in [5.74, 6) is -0.0413. The second-order valence-corrected chi connectivity index (χ2v) is 6.24. The van der Waals surface area contributed by atoms with E-state index in [0.717, 1.165) is 25.9 Å². The van der Waals surface area contributed by atoms with Gasteiger partial charge in [0.25, 0.3) is 5.91 Å². The number of alkyl halides is 1. The molecule has 22 heavy (non-hydrogen) atoms. The molecule has 3 rings (SSSR count). The van der Waals surface area contributed by atoms with Gasteiger partial charge in [0.15, 0.2) is 0 Å². The maximum absolute atomic E-state index is 13.7. The number of hydrogen-bond acceptors (Lipinski definition) is 3. The van der Waals surface area contributed by atoms with Crippen molar-refractivity contribution in [1.82, 2.24) is 15.5 Å². The van der Waals surface area contributed by atoms with E-state index in [0.29, 0.717) is 18.5 Å². The van der Waals surface area contributed by atoms with Crippen LogP contribution in [0, 0.1) is 0 Å². The van der Waals surface area contributed by atoms with E-state index < -0.39 is 6.17 Å². The zero-order chi connectivity index (χ0) is 15.5. The molecule has 1 amide bonds. The second kappa shape index (κ2) is 6.75. The first-order valence-corrected chi connectivity index (χ1v) is 8.11. The molecule has 0 spiro atoms. The van der Waals surface area contributed by atoms with Gasteiger partial charge in [0.05, 0.1) is 6.54 Å². The van der Waals surface area contributed by atoms with E-state index >= 15 is 0 Å². The first-order chi connectivity index (χ1) is 10.7. The van der Waals surface area contributed by atoms with Gasteiger partial charge < -0.3 is 15.5 Å². The molecule has 120 valence electrons. The number of fused-ring (bicyclic) bond motifs is 1. The Morgan fingerprint density at radius 1 is 1.36 bits per heavy atom. The van der Waals surface area contributed by atoms with Gasteiger partial charge in [-0.25, -0.2) is 4.39 Å². The van der Waals surface area contributed by atoms with Crippen molar-refractivity contribution in [2.45, 2.75) is 31.5 Å². The Labute approximate surface area is 131 Å². The van der Waals surface area contributed by atoms with Crippen LogP contribution in [0.25, 0.3) is 0 Å². The quantitative estimate of drug-likeness (QED) is 0.880. The Hall–Kier alpha value is -1.46. The molecule has 5 heteroatoms. The van der Waals surface area contributed by atoms with Gasteiger partial charge in [0.2, 0.25) is 0 Å². The molecule has 2 atom stereocenters. The average Bonchev–Trinajstić information content (AvgIpc) is 2.73. The monoisotopic (exact) mass is 305 g/mol. The number of likely N-dealkylation sites (tertiary alicyclic amines) is 1. The first kappa shape index (κ1) is 15.4. The fraction of sp³-hybridized carbons (Fsp3) is 0.588. The number of carbonyl (C=O) groups excluding carboxylic acids is 1. The minimum atomic E-state index is -0.910. The highest BCUT2D eigenvalue weighted by molar-refractivity contribution is 5.95. The summed E-state index contributed by atoms with van der Waals surface area (Å²) in [6, 6.07) is 5.92. The molecule has 2 N–H and O–H groups in total. The molecule has 1 aromatic carbocycles. The standard InChI is InChI=1S/C17H24FN3O/c1-19-10-16-9-15(18)11-21(16)17(22)14-3-2-12-4-6-20-7-5-13(12)8-14/h2-3,8,15-16,19-20H,4-7,9-11H2,1H3/t15-,16-/m0/s1. The number of benzene rings is 1. The Morgan fingerprint density at radius 3 is 2.91 bits per heavy atom. The molecule has 0 bridgehead atoms. The van der Waals surface area contributed by atoms with Crippen molar-refractivity contribution in [1.29, 1.82) is 0 Å². The third-order valence-corrected chi connectivity index (χ3v) is 4.66. The zero-order valence-electron chi connectivity index (χ0n) is 13.1. The lowest BCUT2D eigenvalue weighted by Gasteiger charge is -2.24. The van der Waals surface area contributed by atoms with E-state index in [9.17, 15) is 9.18 Å². The van der Waals surface area contributed by atoms with Crippen molar-refractivity contribution in [2.75, 3.05) is 33.2 Å². The molecule has 0 aromatic heterocycles. The number of likely N-dealkylation sites (N-methyl/N-ethyl adjacent to an activating group) is 1. The van der Waals surface area contributed by atoms with Crippen LogP contribution in [0.4, 0.5) is 4.39 Å². The summed E-state index contributed by atoms with van der Waals surface area (Å²) >= 11 is 0. The second-order valence-electron chi connectivity index (χ2n) is 6.24. The summed E-state index contributed by atoms with van der Waals surface area (Å²) in [6.45, 7) is 2.79. The van der Waals surface area contributed by atoms with Gasteiger partial charge in [-0.2, -0.15) is 0 Å². The molecule has 0 aliphatic carbocycles. The van der Waals surface area contributed by atoms with Crippen LogP contribution < -0.4 is 10.6 Å². The summed E-state index contributed by atoms with van der Waals surface area (Å²) in [6.07, 6.45) is 1.47. The van der Waals surface area contributed by atoms with E-state index in [1.165, 1.54) is 11.1 Å². The van der Waals surface area contributed by atoms with Crippen molar-refractivity contribution >= 4 is 5.91 Å². The number of amides is 1. The van der Waals surface area contributed by atoms with Crippen molar-refractivity contribution in [3.05, 3.63) is 34.9 Å².